The highest BCUT2D eigenvalue weighted by molar-refractivity contribution is 5.03. The van der Waals surface area contributed by atoms with Gasteiger partial charge in [-0.3, -0.25) is 10.00 Å². The molecule has 0 saturated carbocycles. The third-order valence-electron chi connectivity index (χ3n) is 2.70. The number of aliphatic hydroxyl groups excluding tert-OH is 1. The monoisotopic (exact) mass is 196 g/mol. The number of hydrogen-bond acceptors (Lipinski definition) is 4. The number of rotatable bonds is 3. The minimum atomic E-state index is -0.257. The van der Waals surface area contributed by atoms with Crippen LogP contribution >= 0.6 is 0 Å². The number of likely N-dealkylation sites (N-methyl/N-ethyl adjacent to an activating group) is 1. The minimum absolute atomic E-state index is 0.213. The lowest BCUT2D eigenvalue weighted by molar-refractivity contribution is 0.0955. The molecule has 0 amide bonds. The highest BCUT2D eigenvalue weighted by atomic mass is 16.3. The van der Waals surface area contributed by atoms with Crippen molar-refractivity contribution in [2.24, 2.45) is 0 Å². The lowest BCUT2D eigenvalue weighted by atomic mass is 10.2. The number of hydrogen-bond donors (Lipinski definition) is 3. The maximum Gasteiger partial charge on any atom is 0.0831 e. The summed E-state index contributed by atoms with van der Waals surface area (Å²) >= 11 is 0. The molecule has 1 aliphatic rings. The molecule has 5 heteroatoms. The molecule has 0 radical (unpaired) electrons. The second-order valence-electron chi connectivity index (χ2n) is 3.81. The van der Waals surface area contributed by atoms with Crippen LogP contribution in [-0.2, 0) is 6.54 Å². The Balaban J connectivity index is 1.92. The number of aromatic nitrogens is 2. The van der Waals surface area contributed by atoms with Crippen molar-refractivity contribution in [1.82, 2.24) is 20.4 Å². The molecule has 1 aromatic rings. The predicted octanol–water partition coefficient (Wildman–Crippen LogP) is -0.826. The van der Waals surface area contributed by atoms with Gasteiger partial charge >= 0.3 is 0 Å². The summed E-state index contributed by atoms with van der Waals surface area (Å²) in [6.45, 7) is 2.37. The van der Waals surface area contributed by atoms with E-state index in [2.05, 4.69) is 20.4 Å². The van der Waals surface area contributed by atoms with Gasteiger partial charge in [-0.15, -0.1) is 0 Å². The van der Waals surface area contributed by atoms with E-state index in [-0.39, 0.29) is 12.1 Å². The molecule has 0 aromatic carbocycles. The number of nitrogens with one attached hydrogen (secondary N) is 2. The van der Waals surface area contributed by atoms with Crippen molar-refractivity contribution in [1.29, 1.82) is 0 Å². The molecule has 14 heavy (non-hydrogen) atoms. The minimum Gasteiger partial charge on any atom is -0.390 e. The van der Waals surface area contributed by atoms with E-state index in [4.69, 9.17) is 0 Å². The zero-order chi connectivity index (χ0) is 9.97. The Morgan fingerprint density at radius 1 is 1.64 bits per heavy atom. The molecule has 0 spiro atoms. The Labute approximate surface area is 83.1 Å². The van der Waals surface area contributed by atoms with Crippen LogP contribution < -0.4 is 5.32 Å². The molecule has 1 aliphatic heterocycles. The van der Waals surface area contributed by atoms with Crippen LogP contribution in [0.25, 0.3) is 0 Å². The number of aromatic amines is 1. The molecule has 1 aromatic heterocycles. The number of H-pyrrole nitrogens is 1. The molecular weight excluding hydrogens is 180 g/mol. The van der Waals surface area contributed by atoms with Crippen LogP contribution in [0.5, 0.6) is 0 Å². The topological polar surface area (TPSA) is 64.2 Å². The fourth-order valence-electron chi connectivity index (χ4n) is 1.87. The third kappa shape index (κ3) is 1.95. The summed E-state index contributed by atoms with van der Waals surface area (Å²) in [7, 11) is 2.02. The number of aliphatic hydroxyl groups is 1. The van der Waals surface area contributed by atoms with Gasteiger partial charge in [0.1, 0.15) is 0 Å². The van der Waals surface area contributed by atoms with Crippen molar-refractivity contribution in [2.45, 2.75) is 18.7 Å². The SMILES string of the molecule is CN(Cc1cn[nH]c1)[C@@H]1CNC[C@H]1O. The molecule has 0 bridgehead atoms. The first-order valence-corrected chi connectivity index (χ1v) is 4.84. The molecular formula is C9H16N4O. The molecule has 1 fully saturated rings. The Bertz CT molecular complexity index is 274. The smallest absolute Gasteiger partial charge is 0.0831 e. The molecule has 3 N–H and O–H groups in total. The Morgan fingerprint density at radius 3 is 3.07 bits per heavy atom. The summed E-state index contributed by atoms with van der Waals surface area (Å²) in [5.74, 6) is 0. The second-order valence-corrected chi connectivity index (χ2v) is 3.81. The van der Waals surface area contributed by atoms with Gasteiger partial charge in [0.15, 0.2) is 0 Å². The summed E-state index contributed by atoms with van der Waals surface area (Å²) in [5.41, 5.74) is 1.15. The van der Waals surface area contributed by atoms with Gasteiger partial charge in [0.25, 0.3) is 0 Å². The van der Waals surface area contributed by atoms with E-state index in [9.17, 15) is 5.11 Å². The zero-order valence-electron chi connectivity index (χ0n) is 8.27. The maximum atomic E-state index is 9.66. The molecule has 0 aliphatic carbocycles. The summed E-state index contributed by atoms with van der Waals surface area (Å²) < 4.78 is 0. The van der Waals surface area contributed by atoms with Gasteiger partial charge < -0.3 is 10.4 Å². The van der Waals surface area contributed by atoms with Gasteiger partial charge in [0.2, 0.25) is 0 Å². The number of β-amino-alcohol motifs (C(OH)–C–C–N with tert-alkyl or cyclic N) is 1. The van der Waals surface area contributed by atoms with Crippen LogP contribution in [0, 0.1) is 0 Å². The maximum absolute atomic E-state index is 9.66. The van der Waals surface area contributed by atoms with E-state index >= 15 is 0 Å². The van der Waals surface area contributed by atoms with Crippen LogP contribution in [0.2, 0.25) is 0 Å². The Morgan fingerprint density at radius 2 is 2.50 bits per heavy atom. The van der Waals surface area contributed by atoms with Crippen LogP contribution in [0.3, 0.4) is 0 Å². The van der Waals surface area contributed by atoms with Crippen molar-refractivity contribution < 1.29 is 5.11 Å². The van der Waals surface area contributed by atoms with Crippen molar-refractivity contribution >= 4 is 0 Å². The highest BCUT2D eigenvalue weighted by Crippen LogP contribution is 2.10. The summed E-state index contributed by atoms with van der Waals surface area (Å²) in [5, 5.41) is 19.5. The van der Waals surface area contributed by atoms with E-state index in [0.29, 0.717) is 6.54 Å². The first-order valence-electron chi connectivity index (χ1n) is 4.84. The molecule has 5 nitrogen and oxygen atoms in total. The summed E-state index contributed by atoms with van der Waals surface area (Å²) in [6, 6.07) is 0.213. The molecule has 1 saturated heterocycles. The van der Waals surface area contributed by atoms with E-state index in [1.165, 1.54) is 0 Å². The summed E-state index contributed by atoms with van der Waals surface area (Å²) in [6.07, 6.45) is 3.43. The van der Waals surface area contributed by atoms with Gasteiger partial charge in [-0.2, -0.15) is 5.10 Å². The quantitative estimate of drug-likeness (QED) is 0.590. The average molecular weight is 196 g/mol. The van der Waals surface area contributed by atoms with Gasteiger partial charge in [0.05, 0.1) is 12.3 Å². The van der Waals surface area contributed by atoms with Crippen LogP contribution in [-0.4, -0.2) is 52.5 Å². The van der Waals surface area contributed by atoms with E-state index in [1.807, 2.05) is 19.4 Å². The van der Waals surface area contributed by atoms with Crippen molar-refractivity contribution in [3.8, 4) is 0 Å². The number of nitrogens with zero attached hydrogens (tertiary/aromatic N) is 2. The molecule has 2 heterocycles. The summed E-state index contributed by atoms with van der Waals surface area (Å²) in [4.78, 5) is 2.15. The standard InChI is InChI=1S/C9H16N4O/c1-13(6-7-2-11-12-3-7)8-4-10-5-9(8)14/h2-3,8-10,14H,4-6H2,1H3,(H,11,12)/t8-,9-/m1/s1. The third-order valence-corrected chi connectivity index (χ3v) is 2.70. The van der Waals surface area contributed by atoms with E-state index in [0.717, 1.165) is 18.7 Å². The first-order chi connectivity index (χ1) is 6.77. The van der Waals surface area contributed by atoms with Crippen molar-refractivity contribution in [3.63, 3.8) is 0 Å². The van der Waals surface area contributed by atoms with Crippen LogP contribution in [0.4, 0.5) is 0 Å². The van der Waals surface area contributed by atoms with Crippen LogP contribution in [0.1, 0.15) is 5.56 Å². The zero-order valence-corrected chi connectivity index (χ0v) is 8.27. The highest BCUT2D eigenvalue weighted by Gasteiger charge is 2.28. The predicted molar refractivity (Wildman–Crippen MR) is 52.7 cm³/mol. The lowest BCUT2D eigenvalue weighted by Gasteiger charge is -2.25. The van der Waals surface area contributed by atoms with E-state index < -0.39 is 0 Å². The van der Waals surface area contributed by atoms with Gasteiger partial charge in [0, 0.05) is 37.4 Å². The largest absolute Gasteiger partial charge is 0.390 e. The van der Waals surface area contributed by atoms with Crippen molar-refractivity contribution in [2.75, 3.05) is 20.1 Å². The lowest BCUT2D eigenvalue weighted by Crippen LogP contribution is -2.40. The molecule has 2 atom stereocenters. The second kappa shape index (κ2) is 4.08. The molecule has 2 rings (SSSR count). The Hall–Kier alpha value is -0.910. The first kappa shape index (κ1) is 9.64. The average Bonchev–Trinajstić information content (AvgIpc) is 2.75. The fraction of sp³-hybridized carbons (Fsp3) is 0.667. The van der Waals surface area contributed by atoms with E-state index in [1.54, 1.807) is 0 Å². The molecule has 78 valence electrons. The van der Waals surface area contributed by atoms with Gasteiger partial charge in [-0.05, 0) is 7.05 Å². The Kier molecular flexibility index (Phi) is 2.81. The van der Waals surface area contributed by atoms with Crippen LogP contribution in [0.15, 0.2) is 12.4 Å². The van der Waals surface area contributed by atoms with Gasteiger partial charge in [-0.1, -0.05) is 0 Å². The van der Waals surface area contributed by atoms with Crippen molar-refractivity contribution in [3.05, 3.63) is 18.0 Å². The molecule has 0 unspecified atom stereocenters. The normalized spacial score (nSPS) is 27.4. The fourth-order valence-corrected chi connectivity index (χ4v) is 1.87. The van der Waals surface area contributed by atoms with Gasteiger partial charge in [-0.25, -0.2) is 0 Å².